The first-order chi connectivity index (χ1) is 8.54. The van der Waals surface area contributed by atoms with Crippen molar-refractivity contribution in [2.75, 3.05) is 20.2 Å². The fourth-order valence-electron chi connectivity index (χ4n) is 2.66. The van der Waals surface area contributed by atoms with Gasteiger partial charge in [-0.3, -0.25) is 4.79 Å². The maximum absolute atomic E-state index is 11.7. The number of carbonyl (C=O) groups excluding carboxylic acids is 1. The highest BCUT2D eigenvalue weighted by Crippen LogP contribution is 2.28. The molecular formula is C15H29NO2. The Bertz CT molecular complexity index is 245. The molecule has 1 saturated carbocycles. The van der Waals surface area contributed by atoms with E-state index >= 15 is 0 Å². The number of hydrogen-bond acceptors (Lipinski definition) is 3. The molecule has 0 aromatic carbocycles. The molecule has 18 heavy (non-hydrogen) atoms. The summed E-state index contributed by atoms with van der Waals surface area (Å²) in [5.74, 6) is 0.934. The second kappa shape index (κ2) is 7.78. The van der Waals surface area contributed by atoms with Gasteiger partial charge in [-0.25, -0.2) is 0 Å². The molecule has 0 radical (unpaired) electrons. The SMILES string of the molecule is CCOC(=O)C1CCC(N(C)CCC(C)C)CC1. The zero-order chi connectivity index (χ0) is 13.5. The monoisotopic (exact) mass is 255 g/mol. The fraction of sp³-hybridized carbons (Fsp3) is 0.933. The molecule has 3 nitrogen and oxygen atoms in total. The molecule has 0 aliphatic heterocycles. The van der Waals surface area contributed by atoms with Crippen molar-refractivity contribution in [3.8, 4) is 0 Å². The van der Waals surface area contributed by atoms with Gasteiger partial charge in [0.15, 0.2) is 0 Å². The number of esters is 1. The van der Waals surface area contributed by atoms with Crippen molar-refractivity contribution < 1.29 is 9.53 Å². The first-order valence-corrected chi connectivity index (χ1v) is 7.41. The molecule has 106 valence electrons. The van der Waals surface area contributed by atoms with Gasteiger partial charge in [-0.05, 0) is 58.5 Å². The second-order valence-electron chi connectivity index (χ2n) is 5.92. The summed E-state index contributed by atoms with van der Waals surface area (Å²) in [6.45, 7) is 8.10. The molecule has 0 atom stereocenters. The Labute approximate surface area is 112 Å². The minimum atomic E-state index is 0.0146. The second-order valence-corrected chi connectivity index (χ2v) is 5.92. The molecule has 0 heterocycles. The van der Waals surface area contributed by atoms with Crippen LogP contribution in [-0.4, -0.2) is 37.1 Å². The summed E-state index contributed by atoms with van der Waals surface area (Å²) < 4.78 is 5.10. The largest absolute Gasteiger partial charge is 0.466 e. The number of rotatable bonds is 6. The van der Waals surface area contributed by atoms with E-state index in [0.717, 1.165) is 31.6 Å². The van der Waals surface area contributed by atoms with Crippen molar-refractivity contribution >= 4 is 5.97 Å². The van der Waals surface area contributed by atoms with Gasteiger partial charge in [-0.15, -0.1) is 0 Å². The predicted octanol–water partition coefficient (Wildman–Crippen LogP) is 3.09. The van der Waals surface area contributed by atoms with Crippen LogP contribution in [0.15, 0.2) is 0 Å². The number of ether oxygens (including phenoxy) is 1. The van der Waals surface area contributed by atoms with Crippen LogP contribution in [0.1, 0.15) is 52.9 Å². The van der Waals surface area contributed by atoms with Crippen molar-refractivity contribution in [3.63, 3.8) is 0 Å². The predicted molar refractivity (Wildman–Crippen MR) is 74.5 cm³/mol. The van der Waals surface area contributed by atoms with E-state index in [1.165, 1.54) is 13.0 Å². The molecule has 1 rings (SSSR count). The highest BCUT2D eigenvalue weighted by Gasteiger charge is 2.28. The van der Waals surface area contributed by atoms with Gasteiger partial charge in [0.2, 0.25) is 0 Å². The van der Waals surface area contributed by atoms with Gasteiger partial charge in [0.1, 0.15) is 0 Å². The lowest BCUT2D eigenvalue weighted by molar-refractivity contribution is -0.149. The van der Waals surface area contributed by atoms with E-state index in [1.54, 1.807) is 0 Å². The summed E-state index contributed by atoms with van der Waals surface area (Å²) in [5.41, 5.74) is 0. The Balaban J connectivity index is 2.28. The molecule has 1 fully saturated rings. The summed E-state index contributed by atoms with van der Waals surface area (Å²) in [4.78, 5) is 14.1. The van der Waals surface area contributed by atoms with Crippen molar-refractivity contribution in [1.29, 1.82) is 0 Å². The van der Waals surface area contributed by atoms with Crippen LogP contribution in [-0.2, 0) is 9.53 Å². The van der Waals surface area contributed by atoms with Crippen LogP contribution in [0.5, 0.6) is 0 Å². The lowest BCUT2D eigenvalue weighted by Gasteiger charge is -2.34. The molecule has 1 aliphatic rings. The highest BCUT2D eigenvalue weighted by molar-refractivity contribution is 5.72. The van der Waals surface area contributed by atoms with Gasteiger partial charge in [0, 0.05) is 6.04 Å². The van der Waals surface area contributed by atoms with E-state index in [4.69, 9.17) is 4.74 Å². The number of hydrogen-bond donors (Lipinski definition) is 0. The Kier molecular flexibility index (Phi) is 6.69. The molecule has 0 saturated heterocycles. The third-order valence-corrected chi connectivity index (χ3v) is 4.00. The highest BCUT2D eigenvalue weighted by atomic mass is 16.5. The van der Waals surface area contributed by atoms with E-state index in [0.29, 0.717) is 12.6 Å². The molecule has 0 bridgehead atoms. The molecule has 3 heteroatoms. The van der Waals surface area contributed by atoms with E-state index in [1.807, 2.05) is 6.92 Å². The molecular weight excluding hydrogens is 226 g/mol. The summed E-state index contributed by atoms with van der Waals surface area (Å²) in [7, 11) is 2.22. The normalized spacial score (nSPS) is 24.6. The van der Waals surface area contributed by atoms with Crippen LogP contribution in [0.2, 0.25) is 0 Å². The van der Waals surface area contributed by atoms with Crippen molar-refractivity contribution in [2.45, 2.75) is 58.9 Å². The van der Waals surface area contributed by atoms with E-state index in [9.17, 15) is 4.79 Å². The van der Waals surface area contributed by atoms with Gasteiger partial charge in [-0.1, -0.05) is 13.8 Å². The third kappa shape index (κ3) is 4.97. The summed E-state index contributed by atoms with van der Waals surface area (Å²) in [6.07, 6.45) is 5.52. The molecule has 0 spiro atoms. The Morgan fingerprint density at radius 2 is 1.89 bits per heavy atom. The topological polar surface area (TPSA) is 29.5 Å². The zero-order valence-corrected chi connectivity index (χ0v) is 12.4. The van der Waals surface area contributed by atoms with Crippen molar-refractivity contribution in [2.24, 2.45) is 11.8 Å². The van der Waals surface area contributed by atoms with Crippen LogP contribution in [0, 0.1) is 11.8 Å². The molecule has 0 N–H and O–H groups in total. The maximum Gasteiger partial charge on any atom is 0.308 e. The van der Waals surface area contributed by atoms with Crippen LogP contribution >= 0.6 is 0 Å². The van der Waals surface area contributed by atoms with Crippen LogP contribution in [0.25, 0.3) is 0 Å². The minimum absolute atomic E-state index is 0.0146. The van der Waals surface area contributed by atoms with Gasteiger partial charge in [0.05, 0.1) is 12.5 Å². The van der Waals surface area contributed by atoms with Crippen LogP contribution < -0.4 is 0 Å². The van der Waals surface area contributed by atoms with Gasteiger partial charge in [0.25, 0.3) is 0 Å². The number of carbonyl (C=O) groups is 1. The molecule has 0 aromatic rings. The van der Waals surface area contributed by atoms with Crippen LogP contribution in [0.3, 0.4) is 0 Å². The molecule has 0 aromatic heterocycles. The first-order valence-electron chi connectivity index (χ1n) is 7.41. The summed E-state index contributed by atoms with van der Waals surface area (Å²) in [5, 5.41) is 0. The molecule has 0 unspecified atom stereocenters. The van der Waals surface area contributed by atoms with E-state index in [-0.39, 0.29) is 11.9 Å². The van der Waals surface area contributed by atoms with Gasteiger partial charge >= 0.3 is 5.97 Å². The first kappa shape index (κ1) is 15.5. The summed E-state index contributed by atoms with van der Waals surface area (Å²) in [6, 6.07) is 0.662. The lowest BCUT2D eigenvalue weighted by Crippen LogP contribution is -2.37. The Morgan fingerprint density at radius 3 is 2.39 bits per heavy atom. The Morgan fingerprint density at radius 1 is 1.28 bits per heavy atom. The lowest BCUT2D eigenvalue weighted by atomic mass is 9.85. The average molecular weight is 255 g/mol. The van der Waals surface area contributed by atoms with Crippen molar-refractivity contribution in [1.82, 2.24) is 4.90 Å². The van der Waals surface area contributed by atoms with Crippen LogP contribution in [0.4, 0.5) is 0 Å². The smallest absolute Gasteiger partial charge is 0.308 e. The van der Waals surface area contributed by atoms with E-state index in [2.05, 4.69) is 25.8 Å². The summed E-state index contributed by atoms with van der Waals surface area (Å²) >= 11 is 0. The molecule has 0 amide bonds. The van der Waals surface area contributed by atoms with Crippen molar-refractivity contribution in [3.05, 3.63) is 0 Å². The number of nitrogens with zero attached hydrogens (tertiary/aromatic N) is 1. The zero-order valence-electron chi connectivity index (χ0n) is 12.4. The van der Waals surface area contributed by atoms with Gasteiger partial charge in [-0.2, -0.15) is 0 Å². The average Bonchev–Trinajstić information content (AvgIpc) is 2.36. The minimum Gasteiger partial charge on any atom is -0.466 e. The fourth-order valence-corrected chi connectivity index (χ4v) is 2.66. The molecule has 1 aliphatic carbocycles. The van der Waals surface area contributed by atoms with E-state index < -0.39 is 0 Å². The Hall–Kier alpha value is -0.570. The quantitative estimate of drug-likeness (QED) is 0.683. The van der Waals surface area contributed by atoms with Gasteiger partial charge < -0.3 is 9.64 Å². The standard InChI is InChI=1S/C15H29NO2/c1-5-18-15(17)13-6-8-14(9-7-13)16(4)11-10-12(2)3/h12-14H,5-11H2,1-4H3. The third-order valence-electron chi connectivity index (χ3n) is 4.00. The maximum atomic E-state index is 11.7.